The molecule has 0 atom stereocenters. The van der Waals surface area contributed by atoms with Crippen LogP contribution in [-0.2, 0) is 11.3 Å². The lowest BCUT2D eigenvalue weighted by Gasteiger charge is -2.15. The Morgan fingerprint density at radius 3 is 2.25 bits per heavy atom. The molecular formula is C18H21N3O3. The van der Waals surface area contributed by atoms with Crippen molar-refractivity contribution in [1.82, 2.24) is 9.47 Å². The van der Waals surface area contributed by atoms with Crippen molar-refractivity contribution in [3.63, 3.8) is 0 Å². The van der Waals surface area contributed by atoms with Crippen LogP contribution in [0.3, 0.4) is 0 Å². The van der Waals surface area contributed by atoms with Crippen LogP contribution in [0.25, 0.3) is 0 Å². The Hall–Kier alpha value is -2.89. The van der Waals surface area contributed by atoms with Crippen molar-refractivity contribution >= 4 is 17.5 Å². The standard InChI is InChI=1S/C18H21N3O3/c1-12-5-8-14(9-6-12)17(23)19-15-10-7-13(2)21(18(15)24)11-16(22)20(3)4/h5-10H,11H2,1-4H3,(H,19,23). The molecule has 2 aromatic rings. The minimum Gasteiger partial charge on any atom is -0.347 e. The summed E-state index contributed by atoms with van der Waals surface area (Å²) >= 11 is 0. The van der Waals surface area contributed by atoms with E-state index in [0.29, 0.717) is 11.3 Å². The van der Waals surface area contributed by atoms with E-state index in [1.165, 1.54) is 9.47 Å². The molecule has 0 saturated carbocycles. The lowest BCUT2D eigenvalue weighted by Crippen LogP contribution is -2.34. The van der Waals surface area contributed by atoms with E-state index in [1.54, 1.807) is 45.3 Å². The van der Waals surface area contributed by atoms with Gasteiger partial charge in [-0.25, -0.2) is 0 Å². The second-order valence-electron chi connectivity index (χ2n) is 5.89. The average molecular weight is 327 g/mol. The summed E-state index contributed by atoms with van der Waals surface area (Å²) in [6.07, 6.45) is 0. The molecule has 0 aliphatic heterocycles. The normalized spacial score (nSPS) is 10.3. The molecule has 6 nitrogen and oxygen atoms in total. The van der Waals surface area contributed by atoms with Gasteiger partial charge in [0.15, 0.2) is 0 Å². The van der Waals surface area contributed by atoms with Crippen molar-refractivity contribution in [2.45, 2.75) is 20.4 Å². The van der Waals surface area contributed by atoms with Crippen molar-refractivity contribution in [1.29, 1.82) is 0 Å². The van der Waals surface area contributed by atoms with Crippen LogP contribution >= 0.6 is 0 Å². The quantitative estimate of drug-likeness (QED) is 0.931. The van der Waals surface area contributed by atoms with Gasteiger partial charge in [-0.1, -0.05) is 17.7 Å². The molecule has 1 N–H and O–H groups in total. The van der Waals surface area contributed by atoms with Crippen LogP contribution in [0.15, 0.2) is 41.2 Å². The molecule has 0 bridgehead atoms. The summed E-state index contributed by atoms with van der Waals surface area (Å²) in [7, 11) is 3.26. The lowest BCUT2D eigenvalue weighted by atomic mass is 10.1. The van der Waals surface area contributed by atoms with Crippen LogP contribution in [0.2, 0.25) is 0 Å². The molecule has 0 aliphatic rings. The third kappa shape index (κ3) is 3.90. The molecule has 6 heteroatoms. The number of carbonyl (C=O) groups excluding carboxylic acids is 2. The van der Waals surface area contributed by atoms with Crippen molar-refractivity contribution in [2.24, 2.45) is 0 Å². The molecule has 1 aromatic heterocycles. The Labute approximate surface area is 140 Å². The number of anilines is 1. The number of pyridine rings is 1. The minimum atomic E-state index is -0.398. The number of aryl methyl sites for hydroxylation is 2. The second-order valence-corrected chi connectivity index (χ2v) is 5.89. The molecule has 0 radical (unpaired) electrons. The highest BCUT2D eigenvalue weighted by molar-refractivity contribution is 6.04. The molecule has 2 rings (SSSR count). The Balaban J connectivity index is 2.28. The first-order chi connectivity index (χ1) is 11.3. The summed E-state index contributed by atoms with van der Waals surface area (Å²) in [5, 5.41) is 2.62. The number of hydrogen-bond donors (Lipinski definition) is 1. The van der Waals surface area contributed by atoms with Gasteiger partial charge in [-0.15, -0.1) is 0 Å². The Kier molecular flexibility index (Phi) is 5.18. The smallest absolute Gasteiger partial charge is 0.274 e. The molecular weight excluding hydrogens is 306 g/mol. The fourth-order valence-electron chi connectivity index (χ4n) is 2.14. The summed E-state index contributed by atoms with van der Waals surface area (Å²) in [5.41, 5.74) is 1.93. The minimum absolute atomic E-state index is 0.0636. The molecule has 0 fully saturated rings. The van der Waals surface area contributed by atoms with Crippen molar-refractivity contribution in [2.75, 3.05) is 19.4 Å². The van der Waals surface area contributed by atoms with Crippen LogP contribution in [0.1, 0.15) is 21.6 Å². The Morgan fingerprint density at radius 1 is 1.04 bits per heavy atom. The van der Waals surface area contributed by atoms with Gasteiger partial charge in [-0.05, 0) is 38.1 Å². The number of nitrogens with one attached hydrogen (secondary N) is 1. The summed E-state index contributed by atoms with van der Waals surface area (Å²) < 4.78 is 1.35. The van der Waals surface area contributed by atoms with E-state index in [4.69, 9.17) is 0 Å². The maximum atomic E-state index is 12.5. The van der Waals surface area contributed by atoms with Crippen LogP contribution in [0, 0.1) is 13.8 Å². The predicted octanol–water partition coefficient (Wildman–Crippen LogP) is 1.81. The largest absolute Gasteiger partial charge is 0.347 e. The SMILES string of the molecule is Cc1ccc(C(=O)Nc2ccc(C)n(CC(=O)N(C)C)c2=O)cc1. The van der Waals surface area contributed by atoms with Crippen LogP contribution in [0.5, 0.6) is 0 Å². The number of amides is 2. The van der Waals surface area contributed by atoms with E-state index < -0.39 is 5.56 Å². The zero-order chi connectivity index (χ0) is 17.9. The summed E-state index contributed by atoms with van der Waals surface area (Å²) in [4.78, 5) is 38.1. The van der Waals surface area contributed by atoms with E-state index >= 15 is 0 Å². The van der Waals surface area contributed by atoms with Gasteiger partial charge in [0.05, 0.1) is 0 Å². The highest BCUT2D eigenvalue weighted by Gasteiger charge is 2.14. The fraction of sp³-hybridized carbons (Fsp3) is 0.278. The summed E-state index contributed by atoms with van der Waals surface area (Å²) in [5.74, 6) is -0.552. The lowest BCUT2D eigenvalue weighted by molar-refractivity contribution is -0.129. The third-order valence-electron chi connectivity index (χ3n) is 3.75. The van der Waals surface area contributed by atoms with Crippen LogP contribution in [-0.4, -0.2) is 35.4 Å². The molecule has 1 aromatic carbocycles. The molecule has 0 unspecified atom stereocenters. The number of likely N-dealkylation sites (N-methyl/N-ethyl adjacent to an activating group) is 1. The molecule has 0 aliphatic carbocycles. The molecule has 1 heterocycles. The highest BCUT2D eigenvalue weighted by atomic mass is 16.2. The maximum Gasteiger partial charge on any atom is 0.274 e. The van der Waals surface area contributed by atoms with Gasteiger partial charge >= 0.3 is 0 Å². The van der Waals surface area contributed by atoms with E-state index in [0.717, 1.165) is 5.56 Å². The molecule has 2 amide bonds. The number of rotatable bonds is 4. The molecule has 126 valence electrons. The van der Waals surface area contributed by atoms with Crippen molar-refractivity contribution < 1.29 is 9.59 Å². The third-order valence-corrected chi connectivity index (χ3v) is 3.75. The first-order valence-electron chi connectivity index (χ1n) is 7.58. The maximum absolute atomic E-state index is 12.5. The van der Waals surface area contributed by atoms with Crippen LogP contribution < -0.4 is 10.9 Å². The van der Waals surface area contributed by atoms with Gasteiger partial charge in [-0.2, -0.15) is 0 Å². The first-order valence-corrected chi connectivity index (χ1v) is 7.58. The predicted molar refractivity (Wildman–Crippen MR) is 93.3 cm³/mol. The average Bonchev–Trinajstić information content (AvgIpc) is 2.54. The fourth-order valence-corrected chi connectivity index (χ4v) is 2.14. The number of hydrogen-bond acceptors (Lipinski definition) is 3. The van der Waals surface area contributed by atoms with E-state index in [-0.39, 0.29) is 24.0 Å². The van der Waals surface area contributed by atoms with Gasteiger partial charge in [-0.3, -0.25) is 14.4 Å². The number of nitrogens with zero attached hydrogens (tertiary/aromatic N) is 2. The molecule has 0 saturated heterocycles. The van der Waals surface area contributed by atoms with Gasteiger partial charge < -0.3 is 14.8 Å². The van der Waals surface area contributed by atoms with E-state index in [1.807, 2.05) is 19.1 Å². The van der Waals surface area contributed by atoms with Gasteiger partial charge in [0, 0.05) is 25.4 Å². The molecule has 0 spiro atoms. The number of aromatic nitrogens is 1. The van der Waals surface area contributed by atoms with Gasteiger partial charge in [0.1, 0.15) is 12.2 Å². The van der Waals surface area contributed by atoms with Crippen molar-refractivity contribution in [3.8, 4) is 0 Å². The van der Waals surface area contributed by atoms with Crippen molar-refractivity contribution in [3.05, 3.63) is 63.6 Å². The zero-order valence-electron chi connectivity index (χ0n) is 14.3. The summed E-state index contributed by atoms with van der Waals surface area (Å²) in [6, 6.07) is 10.3. The van der Waals surface area contributed by atoms with Gasteiger partial charge in [0.2, 0.25) is 5.91 Å². The Bertz CT molecular complexity index is 820. The Morgan fingerprint density at radius 2 is 1.67 bits per heavy atom. The zero-order valence-corrected chi connectivity index (χ0v) is 14.3. The van der Waals surface area contributed by atoms with Gasteiger partial charge in [0.25, 0.3) is 11.5 Å². The van der Waals surface area contributed by atoms with Crippen LogP contribution in [0.4, 0.5) is 5.69 Å². The van der Waals surface area contributed by atoms with E-state index in [2.05, 4.69) is 5.32 Å². The topological polar surface area (TPSA) is 71.4 Å². The summed E-state index contributed by atoms with van der Waals surface area (Å²) in [6.45, 7) is 3.61. The molecule has 24 heavy (non-hydrogen) atoms. The number of carbonyl (C=O) groups is 2. The number of benzene rings is 1. The van der Waals surface area contributed by atoms with E-state index in [9.17, 15) is 14.4 Å². The second kappa shape index (κ2) is 7.12. The first kappa shape index (κ1) is 17.5. The highest BCUT2D eigenvalue weighted by Crippen LogP contribution is 2.08. The monoisotopic (exact) mass is 327 g/mol.